The molecule has 0 saturated carbocycles. The van der Waals surface area contributed by atoms with Crippen molar-refractivity contribution in [3.05, 3.63) is 11.6 Å². The SMILES string of the molecule is C=C(SN)N(C)C. The lowest BCUT2D eigenvalue weighted by Crippen LogP contribution is -2.08. The van der Waals surface area contributed by atoms with Crippen LogP contribution < -0.4 is 5.14 Å². The summed E-state index contributed by atoms with van der Waals surface area (Å²) in [6, 6.07) is 0. The molecule has 2 nitrogen and oxygen atoms in total. The Bertz CT molecular complexity index is 70.1. The van der Waals surface area contributed by atoms with Crippen LogP contribution in [0.5, 0.6) is 0 Å². The summed E-state index contributed by atoms with van der Waals surface area (Å²) in [5.41, 5.74) is 0. The molecule has 0 atom stereocenters. The van der Waals surface area contributed by atoms with E-state index in [9.17, 15) is 0 Å². The molecule has 3 heteroatoms. The van der Waals surface area contributed by atoms with Crippen molar-refractivity contribution in [2.75, 3.05) is 14.1 Å². The van der Waals surface area contributed by atoms with Crippen molar-refractivity contribution in [3.63, 3.8) is 0 Å². The molecule has 0 fully saturated rings. The molecule has 0 aromatic heterocycles. The van der Waals surface area contributed by atoms with E-state index in [1.54, 1.807) is 0 Å². The highest BCUT2D eigenvalue weighted by molar-refractivity contribution is 8.00. The summed E-state index contributed by atoms with van der Waals surface area (Å²) in [7, 11) is 3.81. The fourth-order valence-corrected chi connectivity index (χ4v) is 0.316. The summed E-state index contributed by atoms with van der Waals surface area (Å²) in [6.07, 6.45) is 0. The summed E-state index contributed by atoms with van der Waals surface area (Å²) >= 11 is 1.16. The van der Waals surface area contributed by atoms with Gasteiger partial charge in [0.2, 0.25) is 0 Å². The van der Waals surface area contributed by atoms with Crippen molar-refractivity contribution in [2.24, 2.45) is 5.14 Å². The second kappa shape index (κ2) is 2.93. The normalized spacial score (nSPS) is 8.43. The van der Waals surface area contributed by atoms with Gasteiger partial charge >= 0.3 is 0 Å². The Morgan fingerprint density at radius 2 is 2.14 bits per heavy atom. The fraction of sp³-hybridized carbons (Fsp3) is 0.500. The highest BCUT2D eigenvalue weighted by atomic mass is 32.2. The van der Waals surface area contributed by atoms with Gasteiger partial charge in [-0.05, 0) is 11.9 Å². The minimum absolute atomic E-state index is 0.875. The van der Waals surface area contributed by atoms with Crippen LogP contribution >= 0.6 is 11.9 Å². The van der Waals surface area contributed by atoms with Crippen LogP contribution in [-0.2, 0) is 0 Å². The second-order valence-corrected chi connectivity index (χ2v) is 2.11. The first-order valence-electron chi connectivity index (χ1n) is 1.91. The van der Waals surface area contributed by atoms with Crippen LogP contribution in [0.2, 0.25) is 0 Å². The maximum Gasteiger partial charge on any atom is 0.0780 e. The van der Waals surface area contributed by atoms with Gasteiger partial charge in [-0.25, -0.2) is 0 Å². The predicted molar refractivity (Wildman–Crippen MR) is 34.6 cm³/mol. The maximum atomic E-state index is 5.15. The van der Waals surface area contributed by atoms with E-state index in [-0.39, 0.29) is 0 Å². The number of hydrogen-bond donors (Lipinski definition) is 1. The second-order valence-electron chi connectivity index (χ2n) is 1.41. The third-order valence-electron chi connectivity index (χ3n) is 0.635. The molecule has 0 aromatic rings. The van der Waals surface area contributed by atoms with Crippen LogP contribution in [0.3, 0.4) is 0 Å². The van der Waals surface area contributed by atoms with Gasteiger partial charge in [0, 0.05) is 14.1 Å². The van der Waals surface area contributed by atoms with Crippen molar-refractivity contribution >= 4 is 11.9 Å². The maximum absolute atomic E-state index is 5.15. The van der Waals surface area contributed by atoms with Crippen LogP contribution in [0.25, 0.3) is 0 Å². The Labute approximate surface area is 48.5 Å². The molecule has 0 radical (unpaired) electrons. The van der Waals surface area contributed by atoms with E-state index >= 15 is 0 Å². The average molecular weight is 118 g/mol. The third-order valence-corrected chi connectivity index (χ3v) is 1.27. The van der Waals surface area contributed by atoms with Gasteiger partial charge in [0.05, 0.1) is 5.03 Å². The summed E-state index contributed by atoms with van der Waals surface area (Å²) in [4.78, 5) is 1.87. The molecule has 0 aliphatic rings. The van der Waals surface area contributed by atoms with E-state index in [4.69, 9.17) is 5.14 Å². The van der Waals surface area contributed by atoms with Crippen molar-refractivity contribution < 1.29 is 0 Å². The van der Waals surface area contributed by atoms with Gasteiger partial charge in [-0.3, -0.25) is 5.14 Å². The van der Waals surface area contributed by atoms with Crippen molar-refractivity contribution in [2.45, 2.75) is 0 Å². The Morgan fingerprint density at radius 1 is 1.71 bits per heavy atom. The summed E-state index contributed by atoms with van der Waals surface area (Å²) < 4.78 is 0. The van der Waals surface area contributed by atoms with Crippen LogP contribution in [0.1, 0.15) is 0 Å². The zero-order valence-corrected chi connectivity index (χ0v) is 5.46. The van der Waals surface area contributed by atoms with Crippen molar-refractivity contribution in [1.29, 1.82) is 0 Å². The lowest BCUT2D eigenvalue weighted by atomic mass is 10.8. The van der Waals surface area contributed by atoms with Gasteiger partial charge in [0.1, 0.15) is 0 Å². The molecule has 0 unspecified atom stereocenters. The molecule has 7 heavy (non-hydrogen) atoms. The molecule has 0 spiro atoms. The van der Waals surface area contributed by atoms with Crippen LogP contribution in [0.15, 0.2) is 11.6 Å². The Balaban J connectivity index is 3.35. The highest BCUT2D eigenvalue weighted by Crippen LogP contribution is 2.04. The first-order valence-corrected chi connectivity index (χ1v) is 2.79. The topological polar surface area (TPSA) is 29.3 Å². The number of hydrogen-bond acceptors (Lipinski definition) is 3. The molecule has 2 N–H and O–H groups in total. The van der Waals surface area contributed by atoms with E-state index in [0.29, 0.717) is 0 Å². The quantitative estimate of drug-likeness (QED) is 0.539. The van der Waals surface area contributed by atoms with E-state index in [0.717, 1.165) is 17.0 Å². The van der Waals surface area contributed by atoms with Gasteiger partial charge in [0.15, 0.2) is 0 Å². The van der Waals surface area contributed by atoms with Gasteiger partial charge in [-0.2, -0.15) is 0 Å². The Hall–Kier alpha value is -0.150. The number of rotatable bonds is 2. The van der Waals surface area contributed by atoms with Gasteiger partial charge in [0.25, 0.3) is 0 Å². The lowest BCUT2D eigenvalue weighted by molar-refractivity contribution is 0.552. The highest BCUT2D eigenvalue weighted by Gasteiger charge is 1.88. The Kier molecular flexibility index (Phi) is 2.87. The van der Waals surface area contributed by atoms with E-state index in [1.807, 2.05) is 19.0 Å². The largest absolute Gasteiger partial charge is 0.372 e. The molecule has 0 aromatic carbocycles. The zero-order chi connectivity index (χ0) is 5.86. The number of nitrogens with two attached hydrogens (primary N) is 1. The average Bonchev–Trinajstić information content (AvgIpc) is 1.65. The zero-order valence-electron chi connectivity index (χ0n) is 4.64. The monoisotopic (exact) mass is 118 g/mol. The van der Waals surface area contributed by atoms with Crippen LogP contribution in [-0.4, -0.2) is 19.0 Å². The summed E-state index contributed by atoms with van der Waals surface area (Å²) in [6.45, 7) is 3.64. The lowest BCUT2D eigenvalue weighted by Gasteiger charge is -2.10. The van der Waals surface area contributed by atoms with Crippen molar-refractivity contribution in [1.82, 2.24) is 4.90 Å². The molecule has 42 valence electrons. The molecule has 0 aliphatic heterocycles. The van der Waals surface area contributed by atoms with Crippen LogP contribution in [0, 0.1) is 0 Å². The molecule has 0 bridgehead atoms. The molecule has 0 saturated heterocycles. The molecule has 0 aliphatic carbocycles. The van der Waals surface area contributed by atoms with Gasteiger partial charge < -0.3 is 4.90 Å². The first-order chi connectivity index (χ1) is 3.18. The molecule has 0 amide bonds. The summed E-state index contributed by atoms with van der Waals surface area (Å²) in [5, 5.41) is 6.02. The summed E-state index contributed by atoms with van der Waals surface area (Å²) in [5.74, 6) is 0. The Morgan fingerprint density at radius 3 is 2.14 bits per heavy atom. The first kappa shape index (κ1) is 6.85. The van der Waals surface area contributed by atoms with Gasteiger partial charge in [-0.1, -0.05) is 6.58 Å². The van der Waals surface area contributed by atoms with E-state index in [1.165, 1.54) is 0 Å². The molecule has 0 rings (SSSR count). The number of nitrogens with zero attached hydrogens (tertiary/aromatic N) is 1. The molecular weight excluding hydrogens is 108 g/mol. The van der Waals surface area contributed by atoms with Crippen LogP contribution in [0.4, 0.5) is 0 Å². The molecule has 0 heterocycles. The third kappa shape index (κ3) is 2.53. The van der Waals surface area contributed by atoms with Crippen molar-refractivity contribution in [3.8, 4) is 0 Å². The van der Waals surface area contributed by atoms with E-state index in [2.05, 4.69) is 6.58 Å². The predicted octanol–water partition coefficient (Wildman–Crippen LogP) is 0.626. The van der Waals surface area contributed by atoms with E-state index < -0.39 is 0 Å². The van der Waals surface area contributed by atoms with Gasteiger partial charge in [-0.15, -0.1) is 0 Å². The standard InChI is InChI=1S/C4H10N2S/c1-4(7-5)6(2)3/h1,5H2,2-3H3. The fourth-order valence-electron chi connectivity index (χ4n) is 0.105. The smallest absolute Gasteiger partial charge is 0.0780 e. The minimum atomic E-state index is 0.875. The molecular formula is C4H10N2S. The minimum Gasteiger partial charge on any atom is -0.372 e.